The van der Waals surface area contributed by atoms with Crippen molar-refractivity contribution in [3.63, 3.8) is 0 Å². The molecular weight excluding hydrogens is 344 g/mol. The van der Waals surface area contributed by atoms with Gasteiger partial charge in [-0.3, -0.25) is 9.69 Å². The van der Waals surface area contributed by atoms with Gasteiger partial charge < -0.3 is 5.32 Å². The molecule has 1 fully saturated rings. The van der Waals surface area contributed by atoms with Crippen molar-refractivity contribution in [3.05, 3.63) is 64.5 Å². The largest absolute Gasteiger partial charge is 0.309 e. The molecular formula is C20H22N4OS. The van der Waals surface area contributed by atoms with Gasteiger partial charge in [0, 0.05) is 17.0 Å². The average Bonchev–Trinajstić information content (AvgIpc) is 3.36. The van der Waals surface area contributed by atoms with Gasteiger partial charge in [-0.05, 0) is 49.9 Å². The van der Waals surface area contributed by atoms with Crippen LogP contribution in [0.5, 0.6) is 0 Å². The monoisotopic (exact) mass is 366 g/mol. The average molecular weight is 366 g/mol. The molecule has 3 heterocycles. The van der Waals surface area contributed by atoms with E-state index in [1.807, 2.05) is 43.3 Å². The zero-order chi connectivity index (χ0) is 17.9. The fourth-order valence-corrected chi connectivity index (χ4v) is 4.44. The first-order valence-corrected chi connectivity index (χ1v) is 9.78. The molecule has 0 radical (unpaired) electrons. The van der Waals surface area contributed by atoms with Crippen molar-refractivity contribution in [3.8, 4) is 5.69 Å². The summed E-state index contributed by atoms with van der Waals surface area (Å²) in [6, 6.07) is 16.4. The first-order chi connectivity index (χ1) is 12.7. The second-order valence-electron chi connectivity index (χ2n) is 6.61. The van der Waals surface area contributed by atoms with Crippen LogP contribution in [-0.2, 0) is 4.79 Å². The third kappa shape index (κ3) is 3.57. The fraction of sp³-hybridized carbons (Fsp3) is 0.300. The zero-order valence-corrected chi connectivity index (χ0v) is 15.6. The van der Waals surface area contributed by atoms with Crippen molar-refractivity contribution >= 4 is 23.1 Å². The van der Waals surface area contributed by atoms with Crippen LogP contribution in [0, 0.1) is 6.92 Å². The van der Waals surface area contributed by atoms with Gasteiger partial charge in [0.15, 0.2) is 0 Å². The summed E-state index contributed by atoms with van der Waals surface area (Å²) in [5.41, 5.74) is 1.82. The van der Waals surface area contributed by atoms with Crippen LogP contribution in [0.1, 0.15) is 29.5 Å². The summed E-state index contributed by atoms with van der Waals surface area (Å²) >= 11 is 1.77. The first-order valence-electron chi connectivity index (χ1n) is 8.90. The third-order valence-corrected chi connectivity index (χ3v) is 5.66. The van der Waals surface area contributed by atoms with Crippen molar-refractivity contribution in [2.24, 2.45) is 0 Å². The molecule has 6 heteroatoms. The standard InChI is InChI=1S/C20H22N4OS/c1-15-13-19(24(22-15)16-7-3-2-4-8-16)21-20(25)14-23-11-5-9-17(23)18-10-6-12-26-18/h2-4,6-8,10,12-13,17H,5,9,11,14H2,1H3,(H,21,25)/t17-/m1/s1. The molecule has 1 N–H and O–H groups in total. The molecule has 0 spiro atoms. The number of benzene rings is 1. The van der Waals surface area contributed by atoms with Gasteiger partial charge in [-0.25, -0.2) is 4.68 Å². The van der Waals surface area contributed by atoms with E-state index in [1.54, 1.807) is 16.0 Å². The van der Waals surface area contributed by atoms with E-state index in [2.05, 4.69) is 32.8 Å². The lowest BCUT2D eigenvalue weighted by molar-refractivity contribution is -0.117. The van der Waals surface area contributed by atoms with Crippen molar-refractivity contribution in [1.29, 1.82) is 0 Å². The quantitative estimate of drug-likeness (QED) is 0.742. The summed E-state index contributed by atoms with van der Waals surface area (Å²) in [7, 11) is 0. The molecule has 26 heavy (non-hydrogen) atoms. The number of hydrogen-bond donors (Lipinski definition) is 1. The lowest BCUT2D eigenvalue weighted by atomic mass is 10.2. The number of carbonyl (C=O) groups is 1. The van der Waals surface area contributed by atoms with Gasteiger partial charge in [0.1, 0.15) is 5.82 Å². The van der Waals surface area contributed by atoms with E-state index in [4.69, 9.17) is 0 Å². The zero-order valence-electron chi connectivity index (χ0n) is 14.8. The summed E-state index contributed by atoms with van der Waals surface area (Å²) in [5, 5.41) is 9.66. The topological polar surface area (TPSA) is 50.2 Å². The minimum Gasteiger partial charge on any atom is -0.309 e. The number of aryl methyl sites for hydroxylation is 1. The molecule has 1 aromatic carbocycles. The van der Waals surface area contributed by atoms with Crippen molar-refractivity contribution < 1.29 is 4.79 Å². The van der Waals surface area contributed by atoms with E-state index in [-0.39, 0.29) is 5.91 Å². The molecule has 1 saturated heterocycles. The highest BCUT2D eigenvalue weighted by Gasteiger charge is 2.28. The lowest BCUT2D eigenvalue weighted by Crippen LogP contribution is -2.33. The Hall–Kier alpha value is -2.44. The molecule has 2 aromatic heterocycles. The van der Waals surface area contributed by atoms with Crippen LogP contribution in [0.4, 0.5) is 5.82 Å². The second-order valence-corrected chi connectivity index (χ2v) is 7.59. The summed E-state index contributed by atoms with van der Waals surface area (Å²) in [5.74, 6) is 0.719. The van der Waals surface area contributed by atoms with E-state index in [0.29, 0.717) is 18.4 Å². The predicted molar refractivity (Wildman–Crippen MR) is 105 cm³/mol. The maximum Gasteiger partial charge on any atom is 0.239 e. The molecule has 3 aromatic rings. The van der Waals surface area contributed by atoms with Crippen LogP contribution in [0.2, 0.25) is 0 Å². The highest BCUT2D eigenvalue weighted by atomic mass is 32.1. The van der Waals surface area contributed by atoms with E-state index in [1.165, 1.54) is 4.88 Å². The summed E-state index contributed by atoms with van der Waals surface area (Å²) < 4.78 is 1.79. The van der Waals surface area contributed by atoms with Crippen LogP contribution in [0.3, 0.4) is 0 Å². The van der Waals surface area contributed by atoms with Crippen molar-refractivity contribution in [2.45, 2.75) is 25.8 Å². The molecule has 0 saturated carbocycles. The SMILES string of the molecule is Cc1cc(NC(=O)CN2CCC[C@@H]2c2cccs2)n(-c2ccccc2)n1. The second kappa shape index (κ2) is 7.43. The number of rotatable bonds is 5. The summed E-state index contributed by atoms with van der Waals surface area (Å²) in [4.78, 5) is 16.3. The van der Waals surface area contributed by atoms with Gasteiger partial charge >= 0.3 is 0 Å². The van der Waals surface area contributed by atoms with Crippen LogP contribution in [-0.4, -0.2) is 33.7 Å². The summed E-state index contributed by atoms with van der Waals surface area (Å²) in [6.07, 6.45) is 2.26. The Morgan fingerprint density at radius 3 is 2.88 bits per heavy atom. The molecule has 134 valence electrons. The Morgan fingerprint density at radius 2 is 2.12 bits per heavy atom. The Bertz CT molecular complexity index is 873. The molecule has 0 bridgehead atoms. The van der Waals surface area contributed by atoms with Gasteiger partial charge in [0.25, 0.3) is 0 Å². The van der Waals surface area contributed by atoms with E-state index in [0.717, 1.165) is 30.8 Å². The highest BCUT2D eigenvalue weighted by Crippen LogP contribution is 2.34. The third-order valence-electron chi connectivity index (χ3n) is 4.68. The maximum absolute atomic E-state index is 12.7. The molecule has 0 aliphatic carbocycles. The number of likely N-dealkylation sites (tertiary alicyclic amines) is 1. The van der Waals surface area contributed by atoms with Crippen LogP contribution >= 0.6 is 11.3 Å². The number of anilines is 1. The van der Waals surface area contributed by atoms with Crippen molar-refractivity contribution in [1.82, 2.24) is 14.7 Å². The number of nitrogens with one attached hydrogen (secondary N) is 1. The predicted octanol–water partition coefficient (Wildman–Crippen LogP) is 4.02. The maximum atomic E-state index is 12.7. The van der Waals surface area contributed by atoms with Crippen LogP contribution in [0.25, 0.3) is 5.69 Å². The number of nitrogens with zero attached hydrogens (tertiary/aromatic N) is 3. The lowest BCUT2D eigenvalue weighted by Gasteiger charge is -2.22. The number of carbonyl (C=O) groups excluding carboxylic acids is 1. The minimum atomic E-state index is 0.00513. The van der Waals surface area contributed by atoms with E-state index in [9.17, 15) is 4.79 Å². The number of thiophene rings is 1. The first kappa shape index (κ1) is 17.0. The Morgan fingerprint density at radius 1 is 1.27 bits per heavy atom. The highest BCUT2D eigenvalue weighted by molar-refractivity contribution is 7.10. The van der Waals surface area contributed by atoms with Crippen LogP contribution in [0.15, 0.2) is 53.9 Å². The molecule has 1 amide bonds. The van der Waals surface area contributed by atoms with Gasteiger partial charge in [0.05, 0.1) is 17.9 Å². The Kier molecular flexibility index (Phi) is 4.86. The van der Waals surface area contributed by atoms with Gasteiger partial charge in [0.2, 0.25) is 5.91 Å². The molecule has 4 rings (SSSR count). The van der Waals surface area contributed by atoms with E-state index < -0.39 is 0 Å². The normalized spacial score (nSPS) is 17.5. The Labute approximate surface area is 157 Å². The molecule has 1 atom stereocenters. The molecule has 1 aliphatic rings. The minimum absolute atomic E-state index is 0.00513. The summed E-state index contributed by atoms with van der Waals surface area (Å²) in [6.45, 7) is 3.30. The van der Waals surface area contributed by atoms with Gasteiger partial charge in [-0.1, -0.05) is 24.3 Å². The number of amides is 1. The van der Waals surface area contributed by atoms with Gasteiger partial charge in [-0.2, -0.15) is 5.10 Å². The van der Waals surface area contributed by atoms with E-state index >= 15 is 0 Å². The van der Waals surface area contributed by atoms with Gasteiger partial charge in [-0.15, -0.1) is 11.3 Å². The Balaban J connectivity index is 1.47. The number of aromatic nitrogens is 2. The number of hydrogen-bond acceptors (Lipinski definition) is 4. The molecule has 1 aliphatic heterocycles. The molecule has 0 unspecified atom stereocenters. The molecule has 5 nitrogen and oxygen atoms in total. The van der Waals surface area contributed by atoms with Crippen molar-refractivity contribution in [2.75, 3.05) is 18.4 Å². The number of para-hydroxylation sites is 1. The fourth-order valence-electron chi connectivity index (χ4n) is 3.54. The smallest absolute Gasteiger partial charge is 0.239 e. The van der Waals surface area contributed by atoms with Crippen LogP contribution < -0.4 is 5.32 Å².